The van der Waals surface area contributed by atoms with Crippen molar-refractivity contribution >= 4 is 55.5 Å². The minimum Gasteiger partial charge on any atom is -0.376 e. The Morgan fingerprint density at radius 1 is 1.13 bits per heavy atom. The molecular formula is C29H27N5O3S2. The van der Waals surface area contributed by atoms with Crippen LogP contribution in [0, 0.1) is 6.92 Å². The maximum atomic E-state index is 14.0. The maximum absolute atomic E-state index is 14.0. The van der Waals surface area contributed by atoms with E-state index < -0.39 is 0 Å². The lowest BCUT2D eigenvalue weighted by Crippen LogP contribution is -2.37. The van der Waals surface area contributed by atoms with Crippen LogP contribution < -0.4 is 10.2 Å². The van der Waals surface area contributed by atoms with Crippen molar-refractivity contribution < 1.29 is 14.3 Å². The molecule has 1 N–H and O–H groups in total. The molecule has 0 radical (unpaired) electrons. The summed E-state index contributed by atoms with van der Waals surface area (Å²) >= 11 is 2.80. The summed E-state index contributed by atoms with van der Waals surface area (Å²) in [4.78, 5) is 34.5. The first-order valence-electron chi connectivity index (χ1n) is 12.8. The van der Waals surface area contributed by atoms with Crippen LogP contribution in [0.15, 0.2) is 72.1 Å². The quantitative estimate of drug-likeness (QED) is 0.258. The van der Waals surface area contributed by atoms with Gasteiger partial charge in [-0.3, -0.25) is 14.5 Å². The maximum Gasteiger partial charge on any atom is 0.270 e. The summed E-state index contributed by atoms with van der Waals surface area (Å²) in [6, 6.07) is 21.2. The van der Waals surface area contributed by atoms with Gasteiger partial charge in [0.15, 0.2) is 5.13 Å². The Kier molecular flexibility index (Phi) is 7.23. The number of benzene rings is 2. The molecule has 1 atom stereocenters. The number of rotatable bonds is 8. The monoisotopic (exact) mass is 557 g/mol. The molecule has 1 aliphatic heterocycles. The highest BCUT2D eigenvalue weighted by molar-refractivity contribution is 7.20. The molecule has 4 heterocycles. The number of hydrogen-bond donors (Lipinski definition) is 1. The van der Waals surface area contributed by atoms with Gasteiger partial charge in [0, 0.05) is 23.1 Å². The van der Waals surface area contributed by atoms with E-state index in [1.807, 2.05) is 83.7 Å². The van der Waals surface area contributed by atoms with Gasteiger partial charge in [-0.05, 0) is 50.1 Å². The highest BCUT2D eigenvalue weighted by Crippen LogP contribution is 2.33. The van der Waals surface area contributed by atoms with Gasteiger partial charge < -0.3 is 10.1 Å². The molecule has 0 spiro atoms. The molecule has 198 valence electrons. The lowest BCUT2D eigenvalue weighted by molar-refractivity contribution is -0.115. The van der Waals surface area contributed by atoms with Crippen molar-refractivity contribution in [1.29, 1.82) is 0 Å². The van der Waals surface area contributed by atoms with Crippen LogP contribution in [0.1, 0.15) is 33.9 Å². The Bertz CT molecular complexity index is 1600. The van der Waals surface area contributed by atoms with Crippen LogP contribution in [-0.2, 0) is 16.0 Å². The van der Waals surface area contributed by atoms with E-state index in [0.717, 1.165) is 40.1 Å². The summed E-state index contributed by atoms with van der Waals surface area (Å²) in [5.41, 5.74) is 3.18. The van der Waals surface area contributed by atoms with Gasteiger partial charge in [-0.25, -0.2) is 9.67 Å². The minimum absolute atomic E-state index is 0.0430. The molecule has 0 aliphatic carbocycles. The molecule has 1 saturated heterocycles. The fourth-order valence-electron chi connectivity index (χ4n) is 4.66. The summed E-state index contributed by atoms with van der Waals surface area (Å²) in [5, 5.41) is 11.0. The van der Waals surface area contributed by atoms with Crippen molar-refractivity contribution in [1.82, 2.24) is 14.8 Å². The Morgan fingerprint density at radius 2 is 1.90 bits per heavy atom. The second-order valence-corrected chi connectivity index (χ2v) is 11.3. The second kappa shape index (κ2) is 11.1. The summed E-state index contributed by atoms with van der Waals surface area (Å²) < 4.78 is 7.77. The number of fused-ring (bicyclic) bond motifs is 1. The van der Waals surface area contributed by atoms with Gasteiger partial charge in [0.2, 0.25) is 5.91 Å². The Labute approximate surface area is 233 Å². The third kappa shape index (κ3) is 5.49. The number of carbonyl (C=O) groups excluding carboxylic acids is 2. The summed E-state index contributed by atoms with van der Waals surface area (Å²) in [6.07, 6.45) is 1.96. The topological polar surface area (TPSA) is 89.3 Å². The highest BCUT2D eigenvalue weighted by Gasteiger charge is 2.29. The van der Waals surface area contributed by atoms with Gasteiger partial charge in [0.05, 0.1) is 41.0 Å². The molecule has 2 amide bonds. The number of thiazole rings is 1. The molecular weight excluding hydrogens is 530 g/mol. The molecule has 39 heavy (non-hydrogen) atoms. The molecule has 5 aromatic rings. The molecule has 2 aromatic carbocycles. The van der Waals surface area contributed by atoms with E-state index in [4.69, 9.17) is 14.8 Å². The highest BCUT2D eigenvalue weighted by atomic mass is 32.1. The van der Waals surface area contributed by atoms with E-state index in [1.54, 1.807) is 4.90 Å². The van der Waals surface area contributed by atoms with Gasteiger partial charge >= 0.3 is 0 Å². The third-order valence-electron chi connectivity index (χ3n) is 6.58. The Balaban J connectivity index is 1.27. The zero-order chi connectivity index (χ0) is 26.8. The zero-order valence-corrected chi connectivity index (χ0v) is 23.0. The van der Waals surface area contributed by atoms with Gasteiger partial charge in [-0.15, -0.1) is 22.7 Å². The molecule has 6 rings (SSSR count). The molecule has 0 bridgehead atoms. The van der Waals surface area contributed by atoms with Crippen LogP contribution in [-0.4, -0.2) is 45.8 Å². The smallest absolute Gasteiger partial charge is 0.270 e. The number of aromatic nitrogens is 3. The van der Waals surface area contributed by atoms with Crippen LogP contribution in [0.3, 0.4) is 0 Å². The molecule has 3 aromatic heterocycles. The first-order chi connectivity index (χ1) is 19.0. The van der Waals surface area contributed by atoms with Crippen LogP contribution in [0.25, 0.3) is 15.9 Å². The molecule has 1 aliphatic rings. The first kappa shape index (κ1) is 25.4. The normalized spacial score (nSPS) is 15.1. The fourth-order valence-corrected chi connectivity index (χ4v) is 6.63. The number of amides is 2. The number of anilines is 2. The predicted octanol–water partition coefficient (Wildman–Crippen LogP) is 5.86. The van der Waals surface area contributed by atoms with Crippen LogP contribution in [0.2, 0.25) is 0 Å². The van der Waals surface area contributed by atoms with Crippen LogP contribution in [0.5, 0.6) is 0 Å². The third-order valence-corrected chi connectivity index (χ3v) is 8.59. The van der Waals surface area contributed by atoms with Gasteiger partial charge in [-0.1, -0.05) is 36.4 Å². The Morgan fingerprint density at radius 3 is 2.64 bits per heavy atom. The summed E-state index contributed by atoms with van der Waals surface area (Å²) in [6.45, 7) is 3.07. The van der Waals surface area contributed by atoms with Gasteiger partial charge in [0.25, 0.3) is 5.91 Å². The molecule has 0 saturated carbocycles. The van der Waals surface area contributed by atoms with Crippen LogP contribution >= 0.6 is 22.7 Å². The number of para-hydroxylation sites is 2. The van der Waals surface area contributed by atoms with Crippen molar-refractivity contribution in [2.24, 2.45) is 0 Å². The number of carbonyl (C=O) groups is 2. The number of hydrogen-bond acceptors (Lipinski definition) is 7. The lowest BCUT2D eigenvalue weighted by atomic mass is 10.2. The van der Waals surface area contributed by atoms with Crippen molar-refractivity contribution in [2.45, 2.75) is 32.3 Å². The number of ether oxygens (including phenoxy) is 1. The SMILES string of the molecule is Cc1nn(-c2ccccc2)c2sc(C(=O)N(CC3CCCO3)c3nc(CC(=O)Nc4ccccc4)cs3)cc12. The summed E-state index contributed by atoms with van der Waals surface area (Å²) in [5.74, 6) is -0.277. The van der Waals surface area contributed by atoms with Crippen LogP contribution in [0.4, 0.5) is 10.8 Å². The molecule has 1 unspecified atom stereocenters. The number of thiophene rings is 1. The van der Waals surface area contributed by atoms with Gasteiger partial charge in [-0.2, -0.15) is 5.10 Å². The van der Waals surface area contributed by atoms with E-state index in [1.165, 1.54) is 22.7 Å². The summed E-state index contributed by atoms with van der Waals surface area (Å²) in [7, 11) is 0. The zero-order valence-electron chi connectivity index (χ0n) is 21.4. The van der Waals surface area contributed by atoms with Crippen molar-refractivity contribution in [3.05, 3.63) is 88.4 Å². The molecule has 1 fully saturated rings. The molecule has 10 heteroatoms. The minimum atomic E-state index is -0.152. The standard InChI is InChI=1S/C29H27N5O3S2/c1-19-24-16-25(39-28(24)34(32-19)22-11-6-3-7-12-22)27(36)33(17-23-13-8-14-37-23)29-31-21(18-38-29)15-26(35)30-20-9-4-2-5-10-20/h2-7,9-12,16,18,23H,8,13-15,17H2,1H3,(H,30,35). The predicted molar refractivity (Wildman–Crippen MR) is 155 cm³/mol. The number of aryl methyl sites for hydroxylation is 1. The average molecular weight is 558 g/mol. The lowest BCUT2D eigenvalue weighted by Gasteiger charge is -2.22. The van der Waals surface area contributed by atoms with E-state index in [0.29, 0.717) is 28.9 Å². The average Bonchev–Trinajstić information content (AvgIpc) is 3.75. The van der Waals surface area contributed by atoms with Crippen molar-refractivity contribution in [3.8, 4) is 5.69 Å². The first-order valence-corrected chi connectivity index (χ1v) is 14.5. The van der Waals surface area contributed by atoms with Crippen molar-refractivity contribution in [3.63, 3.8) is 0 Å². The second-order valence-electron chi connectivity index (χ2n) is 9.43. The van der Waals surface area contributed by atoms with Crippen molar-refractivity contribution in [2.75, 3.05) is 23.4 Å². The number of nitrogens with one attached hydrogen (secondary N) is 1. The fraction of sp³-hybridized carbons (Fsp3) is 0.241. The largest absolute Gasteiger partial charge is 0.376 e. The van der Waals surface area contributed by atoms with Gasteiger partial charge in [0.1, 0.15) is 4.83 Å². The van der Waals surface area contributed by atoms with E-state index in [2.05, 4.69) is 5.32 Å². The van der Waals surface area contributed by atoms with E-state index >= 15 is 0 Å². The Hall–Kier alpha value is -3.86. The van der Waals surface area contributed by atoms with E-state index in [-0.39, 0.29) is 24.3 Å². The number of nitrogens with zero attached hydrogens (tertiary/aromatic N) is 4. The molecule has 8 nitrogen and oxygen atoms in total. The van der Waals surface area contributed by atoms with E-state index in [9.17, 15) is 9.59 Å².